The van der Waals surface area contributed by atoms with Crippen molar-refractivity contribution in [1.29, 1.82) is 0 Å². The van der Waals surface area contributed by atoms with Crippen LogP contribution in [0.25, 0.3) is 0 Å². The second-order valence-electron chi connectivity index (χ2n) is 6.34. The molecule has 2 rings (SSSR count). The molecule has 156 valence electrons. The van der Waals surface area contributed by atoms with Gasteiger partial charge in [-0.1, -0.05) is 18.5 Å². The van der Waals surface area contributed by atoms with Crippen LogP contribution in [0.5, 0.6) is 0 Å². The minimum absolute atomic E-state index is 0.0277. The monoisotopic (exact) mass is 405 g/mol. The third-order valence-corrected chi connectivity index (χ3v) is 4.46. The van der Waals surface area contributed by atoms with Crippen LogP contribution in [0.1, 0.15) is 46.0 Å². The number of carbonyl (C=O) groups excluding carboxylic acids is 2. The number of nitro groups is 1. The third kappa shape index (κ3) is 6.63. The lowest BCUT2D eigenvalue weighted by Gasteiger charge is -2.22. The molecule has 0 aliphatic heterocycles. The molecule has 1 aliphatic rings. The van der Waals surface area contributed by atoms with Gasteiger partial charge < -0.3 is 4.74 Å². The molecule has 0 radical (unpaired) electrons. The first-order chi connectivity index (χ1) is 13.9. The summed E-state index contributed by atoms with van der Waals surface area (Å²) >= 11 is 0. The summed E-state index contributed by atoms with van der Waals surface area (Å²) in [5.74, 6) is -0.421. The Balaban J connectivity index is 2.27. The van der Waals surface area contributed by atoms with Crippen molar-refractivity contribution in [3.8, 4) is 0 Å². The van der Waals surface area contributed by atoms with Crippen molar-refractivity contribution in [3.05, 3.63) is 39.8 Å². The van der Waals surface area contributed by atoms with Gasteiger partial charge in [0.05, 0.1) is 11.5 Å². The smallest absolute Gasteiger partial charge is 0.433 e. The lowest BCUT2D eigenvalue weighted by atomic mass is 9.83. The molecule has 1 heterocycles. The van der Waals surface area contributed by atoms with Gasteiger partial charge in [-0.25, -0.2) is 14.8 Å². The largest absolute Gasteiger partial charge is 0.535 e. The summed E-state index contributed by atoms with van der Waals surface area (Å²) < 4.78 is 4.63. The molecule has 11 heteroatoms. The molecule has 0 bridgehead atoms. The minimum Gasteiger partial charge on any atom is -0.433 e. The van der Waals surface area contributed by atoms with Gasteiger partial charge in [0.25, 0.3) is 5.91 Å². The lowest BCUT2D eigenvalue weighted by Crippen LogP contribution is -2.27. The molecular weight excluding hydrogens is 382 g/mol. The highest BCUT2D eigenvalue weighted by Gasteiger charge is 2.30. The van der Waals surface area contributed by atoms with Gasteiger partial charge in [0.1, 0.15) is 5.71 Å². The summed E-state index contributed by atoms with van der Waals surface area (Å²) in [5.41, 5.74) is 0.349. The van der Waals surface area contributed by atoms with E-state index in [1.807, 2.05) is 6.92 Å². The van der Waals surface area contributed by atoms with Crippen molar-refractivity contribution in [2.24, 2.45) is 11.1 Å². The molecule has 1 aliphatic carbocycles. The van der Waals surface area contributed by atoms with E-state index in [4.69, 9.17) is 0 Å². The molecule has 1 atom stereocenters. The van der Waals surface area contributed by atoms with E-state index < -0.39 is 17.0 Å². The maximum Gasteiger partial charge on any atom is 0.535 e. The number of allylic oxidation sites excluding steroid dienone is 2. The molecule has 11 nitrogen and oxygen atoms in total. The molecule has 1 aromatic rings. The van der Waals surface area contributed by atoms with Crippen LogP contribution in [-0.4, -0.2) is 39.3 Å². The molecule has 0 saturated heterocycles. The summed E-state index contributed by atoms with van der Waals surface area (Å²) in [6, 6.07) is 1.58. The highest BCUT2D eigenvalue weighted by molar-refractivity contribution is 6.43. The molecule has 0 aromatic carbocycles. The van der Waals surface area contributed by atoms with Crippen molar-refractivity contribution in [1.82, 2.24) is 9.97 Å². The van der Waals surface area contributed by atoms with Crippen LogP contribution in [0.2, 0.25) is 0 Å². The summed E-state index contributed by atoms with van der Waals surface area (Å²) in [4.78, 5) is 47.5. The van der Waals surface area contributed by atoms with Crippen molar-refractivity contribution in [3.63, 3.8) is 0 Å². The maximum absolute atomic E-state index is 12.6. The fraction of sp³-hybridized carbons (Fsp3) is 0.500. The number of hydrogen-bond acceptors (Lipinski definition) is 9. The average molecular weight is 405 g/mol. The molecule has 0 saturated carbocycles. The predicted molar refractivity (Wildman–Crippen MR) is 102 cm³/mol. The summed E-state index contributed by atoms with van der Waals surface area (Å²) in [5, 5.41) is 17.5. The Kier molecular flexibility index (Phi) is 8.19. The van der Waals surface area contributed by atoms with Gasteiger partial charge in [0.2, 0.25) is 11.6 Å². The van der Waals surface area contributed by atoms with Gasteiger partial charge in [-0.05, 0) is 31.7 Å². The van der Waals surface area contributed by atoms with Crippen molar-refractivity contribution < 1.29 is 24.1 Å². The van der Waals surface area contributed by atoms with E-state index in [1.54, 1.807) is 13.0 Å². The molecule has 1 aromatic heterocycles. The van der Waals surface area contributed by atoms with Crippen molar-refractivity contribution in [2.75, 3.05) is 11.9 Å². The second-order valence-corrected chi connectivity index (χ2v) is 6.34. The van der Waals surface area contributed by atoms with E-state index in [2.05, 4.69) is 30.0 Å². The Hall–Kier alpha value is -3.37. The number of aromatic nitrogens is 2. The van der Waals surface area contributed by atoms with Crippen LogP contribution < -0.4 is 5.32 Å². The van der Waals surface area contributed by atoms with Crippen LogP contribution in [0.3, 0.4) is 0 Å². The van der Waals surface area contributed by atoms with E-state index in [0.717, 1.165) is 6.42 Å². The topological polar surface area (TPSA) is 146 Å². The number of oxime groups is 1. The van der Waals surface area contributed by atoms with Crippen LogP contribution >= 0.6 is 0 Å². The number of anilines is 1. The second kappa shape index (κ2) is 10.8. The summed E-state index contributed by atoms with van der Waals surface area (Å²) in [6.45, 7) is 3.67. The third-order valence-electron chi connectivity index (χ3n) is 4.46. The summed E-state index contributed by atoms with van der Waals surface area (Å²) in [6.07, 6.45) is 4.04. The summed E-state index contributed by atoms with van der Waals surface area (Å²) in [7, 11) is 0. The number of ether oxygens (including phenoxy) is 1. The Morgan fingerprint density at radius 1 is 1.34 bits per heavy atom. The van der Waals surface area contributed by atoms with Crippen LogP contribution in [0.4, 0.5) is 10.7 Å². The molecule has 0 fully saturated rings. The van der Waals surface area contributed by atoms with Crippen LogP contribution in [0.15, 0.2) is 34.9 Å². The highest BCUT2D eigenvalue weighted by Crippen LogP contribution is 2.33. The number of carbonyl (C=O) groups is 2. The predicted octanol–water partition coefficient (Wildman–Crippen LogP) is 3.08. The Morgan fingerprint density at radius 2 is 2.07 bits per heavy atom. The minimum atomic E-state index is -1.08. The zero-order chi connectivity index (χ0) is 21.2. The normalized spacial score (nSPS) is 16.9. The Labute approximate surface area is 167 Å². The quantitative estimate of drug-likeness (QED) is 0.228. The van der Waals surface area contributed by atoms with Gasteiger partial charge in [0, 0.05) is 30.8 Å². The lowest BCUT2D eigenvalue weighted by molar-refractivity contribution is -0.430. The first kappa shape index (κ1) is 21.9. The van der Waals surface area contributed by atoms with E-state index in [0.29, 0.717) is 24.8 Å². The maximum atomic E-state index is 12.6. The van der Waals surface area contributed by atoms with Crippen molar-refractivity contribution in [2.45, 2.75) is 46.0 Å². The zero-order valence-corrected chi connectivity index (χ0v) is 16.3. The number of hydrogen-bond donors (Lipinski definition) is 1. The highest BCUT2D eigenvalue weighted by atomic mass is 16.8. The van der Waals surface area contributed by atoms with E-state index >= 15 is 0 Å². The first-order valence-corrected chi connectivity index (χ1v) is 9.28. The number of rotatable bonds is 8. The zero-order valence-electron chi connectivity index (χ0n) is 16.3. The average Bonchev–Trinajstić information content (AvgIpc) is 2.71. The van der Waals surface area contributed by atoms with E-state index in [1.165, 1.54) is 12.4 Å². The molecule has 29 heavy (non-hydrogen) atoms. The van der Waals surface area contributed by atoms with Gasteiger partial charge >= 0.3 is 6.16 Å². The Morgan fingerprint density at radius 3 is 2.69 bits per heavy atom. The molecular formula is C18H23N5O6. The van der Waals surface area contributed by atoms with Crippen molar-refractivity contribution >= 4 is 23.7 Å². The SMILES string of the molecule is CCOC(=O)ON=C(CC1=C([N+](=O)[O-])CCC(CC)C1)C(=O)Nc1ncccn1. The molecule has 1 amide bonds. The number of amides is 1. The molecule has 1 unspecified atom stereocenters. The standard InChI is InChI=1S/C18H23N5O6/c1-3-12-6-7-15(23(26)27)13(10-12)11-14(22-29-18(25)28-4-2)16(24)21-17-19-8-5-9-20-17/h5,8-9,12H,3-4,6-7,10-11H2,1-2H3,(H,19,20,21,24). The van der Waals surface area contributed by atoms with Gasteiger partial charge in [-0.2, -0.15) is 0 Å². The van der Waals surface area contributed by atoms with Gasteiger partial charge in [-0.3, -0.25) is 25.1 Å². The van der Waals surface area contributed by atoms with Gasteiger partial charge in [-0.15, -0.1) is 0 Å². The first-order valence-electron chi connectivity index (χ1n) is 9.28. The van der Waals surface area contributed by atoms with Crippen LogP contribution in [-0.2, 0) is 14.4 Å². The molecule has 0 spiro atoms. The van der Waals surface area contributed by atoms with E-state index in [9.17, 15) is 19.7 Å². The Bertz CT molecular complexity index is 808. The fourth-order valence-electron chi connectivity index (χ4n) is 2.96. The van der Waals surface area contributed by atoms with Crippen LogP contribution in [0, 0.1) is 16.0 Å². The van der Waals surface area contributed by atoms with Gasteiger partial charge in [0.15, 0.2) is 0 Å². The van der Waals surface area contributed by atoms with E-state index in [-0.39, 0.29) is 36.3 Å². The molecule has 1 N–H and O–H groups in total. The number of nitrogens with zero attached hydrogens (tertiary/aromatic N) is 4. The number of nitrogens with one attached hydrogen (secondary N) is 1. The fourth-order valence-corrected chi connectivity index (χ4v) is 2.96.